The van der Waals surface area contributed by atoms with Crippen LogP contribution in [0.5, 0.6) is 17.2 Å². The summed E-state index contributed by atoms with van der Waals surface area (Å²) in [6, 6.07) is 31.3. The molecule has 0 aliphatic rings. The lowest BCUT2D eigenvalue weighted by Crippen LogP contribution is -2.20. The van der Waals surface area contributed by atoms with Gasteiger partial charge in [0.05, 0.1) is 39.0 Å². The van der Waals surface area contributed by atoms with Crippen LogP contribution in [0.3, 0.4) is 0 Å². The van der Waals surface area contributed by atoms with Gasteiger partial charge >= 0.3 is 0 Å². The number of carbonyl (C=O) groups excluding carboxylic acids is 1. The molecule has 0 aliphatic heterocycles. The van der Waals surface area contributed by atoms with Crippen molar-refractivity contribution in [3.05, 3.63) is 114 Å². The van der Waals surface area contributed by atoms with Crippen LogP contribution in [0.25, 0.3) is 34.0 Å². The first-order valence-electron chi connectivity index (χ1n) is 15.0. The molecule has 1 amide bonds. The van der Waals surface area contributed by atoms with Crippen molar-refractivity contribution >= 4 is 23.9 Å². The number of hydrazone groups is 1. The highest BCUT2D eigenvalue weighted by Crippen LogP contribution is 2.41. The normalized spacial score (nSPS) is 11.1. The number of nitrogens with zero attached hydrogens (tertiary/aromatic N) is 6. The fourth-order valence-corrected chi connectivity index (χ4v) is 5.78. The average molecular weight is 660 g/mol. The molecule has 0 aliphatic carbocycles. The number of para-hydroxylation sites is 2. The van der Waals surface area contributed by atoms with Crippen LogP contribution in [0, 0.1) is 6.92 Å². The number of benzene rings is 4. The molecule has 242 valence electrons. The molecule has 1 N–H and O–H groups in total. The van der Waals surface area contributed by atoms with Crippen LogP contribution in [-0.2, 0) is 4.79 Å². The van der Waals surface area contributed by atoms with E-state index in [1.807, 2.05) is 115 Å². The molecule has 0 bridgehead atoms. The summed E-state index contributed by atoms with van der Waals surface area (Å²) in [5.41, 5.74) is 8.69. The molecule has 11 nitrogen and oxygen atoms in total. The zero-order chi connectivity index (χ0) is 33.5. The Morgan fingerprint density at radius 3 is 2.10 bits per heavy atom. The van der Waals surface area contributed by atoms with Gasteiger partial charge in [-0.25, -0.2) is 10.1 Å². The number of aromatic nitrogens is 5. The second-order valence-electron chi connectivity index (χ2n) is 10.6. The Bertz CT molecular complexity index is 2020. The van der Waals surface area contributed by atoms with Gasteiger partial charge in [0.2, 0.25) is 5.75 Å². The van der Waals surface area contributed by atoms with Crippen LogP contribution >= 0.6 is 11.8 Å². The maximum Gasteiger partial charge on any atom is 0.250 e. The van der Waals surface area contributed by atoms with E-state index in [4.69, 9.17) is 19.3 Å². The van der Waals surface area contributed by atoms with E-state index in [9.17, 15) is 4.79 Å². The summed E-state index contributed by atoms with van der Waals surface area (Å²) in [5.74, 6) is 1.73. The first-order valence-corrected chi connectivity index (χ1v) is 16.0. The third kappa shape index (κ3) is 6.93. The van der Waals surface area contributed by atoms with Crippen molar-refractivity contribution in [1.82, 2.24) is 30.0 Å². The van der Waals surface area contributed by atoms with E-state index in [-0.39, 0.29) is 11.7 Å². The fraction of sp³-hybridized carbons (Fsp3) is 0.139. The Kier molecular flexibility index (Phi) is 9.82. The van der Waals surface area contributed by atoms with Crippen LogP contribution in [0.2, 0.25) is 0 Å². The highest BCUT2D eigenvalue weighted by atomic mass is 32.2. The summed E-state index contributed by atoms with van der Waals surface area (Å²) in [6.45, 7) is 2.04. The number of hydrogen-bond acceptors (Lipinski definition) is 9. The molecule has 4 aromatic carbocycles. The lowest BCUT2D eigenvalue weighted by Gasteiger charge is -2.15. The predicted octanol–water partition coefficient (Wildman–Crippen LogP) is 6.36. The third-order valence-electron chi connectivity index (χ3n) is 7.38. The zero-order valence-electron chi connectivity index (χ0n) is 26.8. The zero-order valence-corrected chi connectivity index (χ0v) is 27.6. The molecule has 0 fully saturated rings. The molecule has 6 aromatic rings. The van der Waals surface area contributed by atoms with Gasteiger partial charge in [0, 0.05) is 28.6 Å². The van der Waals surface area contributed by atoms with Gasteiger partial charge in [0.1, 0.15) is 5.69 Å². The van der Waals surface area contributed by atoms with Gasteiger partial charge in [-0.2, -0.15) is 10.2 Å². The van der Waals surface area contributed by atoms with Crippen molar-refractivity contribution < 1.29 is 19.0 Å². The summed E-state index contributed by atoms with van der Waals surface area (Å²) in [4.78, 5) is 13.0. The lowest BCUT2D eigenvalue weighted by atomic mass is 10.1. The largest absolute Gasteiger partial charge is 0.493 e. The molecule has 12 heteroatoms. The van der Waals surface area contributed by atoms with Gasteiger partial charge in [0.15, 0.2) is 22.5 Å². The molecule has 2 aromatic heterocycles. The molecule has 0 radical (unpaired) electrons. The van der Waals surface area contributed by atoms with Gasteiger partial charge in [0.25, 0.3) is 5.91 Å². The first kappa shape index (κ1) is 32.1. The Morgan fingerprint density at radius 1 is 0.833 bits per heavy atom. The molecule has 0 atom stereocenters. The van der Waals surface area contributed by atoms with E-state index in [2.05, 4.69) is 20.7 Å². The summed E-state index contributed by atoms with van der Waals surface area (Å²) in [7, 11) is 4.67. The number of rotatable bonds is 12. The maximum atomic E-state index is 13.0. The minimum absolute atomic E-state index is 0.0473. The number of amides is 1. The van der Waals surface area contributed by atoms with Gasteiger partial charge < -0.3 is 14.2 Å². The van der Waals surface area contributed by atoms with E-state index < -0.39 is 0 Å². The monoisotopic (exact) mass is 659 g/mol. The molecule has 0 spiro atoms. The SMILES string of the molecule is COc1cc(-c2nnc(SCC(=O)N/N=C/c3cn(-c4ccccc4)nc3-c3ccc(C)cc3)n2-c2ccccc2)cc(OC)c1OC. The second-order valence-corrected chi connectivity index (χ2v) is 11.5. The smallest absolute Gasteiger partial charge is 0.250 e. The molecule has 2 heterocycles. The fourth-order valence-electron chi connectivity index (χ4n) is 5.04. The maximum absolute atomic E-state index is 13.0. The average Bonchev–Trinajstić information content (AvgIpc) is 3.76. The van der Waals surface area contributed by atoms with Crippen molar-refractivity contribution in [2.75, 3.05) is 27.1 Å². The Hall–Kier alpha value is -5.88. The highest BCUT2D eigenvalue weighted by Gasteiger charge is 2.21. The Labute approximate surface area is 282 Å². The third-order valence-corrected chi connectivity index (χ3v) is 8.31. The number of aryl methyl sites for hydroxylation is 1. The van der Waals surface area contributed by atoms with Gasteiger partial charge in [-0.05, 0) is 43.3 Å². The van der Waals surface area contributed by atoms with Crippen LogP contribution < -0.4 is 19.6 Å². The van der Waals surface area contributed by atoms with Crippen molar-refractivity contribution in [1.29, 1.82) is 0 Å². The van der Waals surface area contributed by atoms with Crippen LogP contribution in [0.15, 0.2) is 114 Å². The van der Waals surface area contributed by atoms with E-state index in [1.165, 1.54) is 11.8 Å². The molecule has 0 unspecified atom stereocenters. The number of ether oxygens (including phenoxy) is 3. The lowest BCUT2D eigenvalue weighted by molar-refractivity contribution is -0.118. The molecule has 0 saturated carbocycles. The number of carbonyl (C=O) groups is 1. The summed E-state index contributed by atoms with van der Waals surface area (Å²) in [5, 5.41) is 18.5. The first-order chi connectivity index (χ1) is 23.5. The minimum Gasteiger partial charge on any atom is -0.493 e. The second kappa shape index (κ2) is 14.7. The van der Waals surface area contributed by atoms with Crippen LogP contribution in [0.4, 0.5) is 0 Å². The quantitative estimate of drug-likeness (QED) is 0.0916. The molecule has 48 heavy (non-hydrogen) atoms. The van der Waals surface area contributed by atoms with Crippen LogP contribution in [-0.4, -0.2) is 63.7 Å². The highest BCUT2D eigenvalue weighted by molar-refractivity contribution is 7.99. The molecule has 6 rings (SSSR count). The predicted molar refractivity (Wildman–Crippen MR) is 187 cm³/mol. The van der Waals surface area contributed by atoms with E-state index in [1.54, 1.807) is 32.2 Å². The van der Waals surface area contributed by atoms with Crippen molar-refractivity contribution in [2.24, 2.45) is 5.10 Å². The molecular formula is C36H33N7O4S. The number of nitrogens with one attached hydrogen (secondary N) is 1. The van der Waals surface area contributed by atoms with Gasteiger partial charge in [-0.1, -0.05) is 78.0 Å². The molecular weight excluding hydrogens is 627 g/mol. The van der Waals surface area contributed by atoms with Gasteiger partial charge in [-0.3, -0.25) is 9.36 Å². The van der Waals surface area contributed by atoms with E-state index in [0.29, 0.717) is 33.8 Å². The van der Waals surface area contributed by atoms with Crippen molar-refractivity contribution in [3.8, 4) is 51.3 Å². The van der Waals surface area contributed by atoms with Crippen molar-refractivity contribution in [2.45, 2.75) is 12.1 Å². The van der Waals surface area contributed by atoms with Crippen molar-refractivity contribution in [3.63, 3.8) is 0 Å². The number of thioether (sulfide) groups is 1. The number of methoxy groups -OCH3 is 3. The van der Waals surface area contributed by atoms with Crippen LogP contribution in [0.1, 0.15) is 11.1 Å². The number of hydrogen-bond donors (Lipinski definition) is 1. The Balaban J connectivity index is 1.23. The standard InChI is InChI=1S/C36H33N7O4S/c1-24-15-17-25(18-16-24)33-27(22-42(41-33)28-11-7-5-8-12-28)21-37-38-32(44)23-48-36-40-39-35(43(36)29-13-9-6-10-14-29)26-19-30(45-2)34(47-4)31(20-26)46-3/h5-22H,23H2,1-4H3,(H,38,44)/b37-21+. The van der Waals surface area contributed by atoms with Gasteiger partial charge in [-0.15, -0.1) is 10.2 Å². The van der Waals surface area contributed by atoms with E-state index in [0.717, 1.165) is 33.8 Å². The Morgan fingerprint density at radius 2 is 1.48 bits per heavy atom. The summed E-state index contributed by atoms with van der Waals surface area (Å²) < 4.78 is 20.3. The van der Waals surface area contributed by atoms with E-state index >= 15 is 0 Å². The summed E-state index contributed by atoms with van der Waals surface area (Å²) in [6.07, 6.45) is 3.50. The minimum atomic E-state index is -0.305. The summed E-state index contributed by atoms with van der Waals surface area (Å²) >= 11 is 1.24. The molecule has 0 saturated heterocycles. The topological polar surface area (TPSA) is 118 Å².